The molecule has 0 radical (unpaired) electrons. The fourth-order valence-corrected chi connectivity index (χ4v) is 3.19. The van der Waals surface area contributed by atoms with Gasteiger partial charge < -0.3 is 10.6 Å². The van der Waals surface area contributed by atoms with E-state index in [1.807, 2.05) is 43.3 Å². The molecule has 3 aromatic rings. The van der Waals surface area contributed by atoms with Crippen LogP contribution in [0.1, 0.15) is 27.9 Å². The van der Waals surface area contributed by atoms with Crippen molar-refractivity contribution in [2.24, 2.45) is 0 Å². The number of nitrogens with zero attached hydrogens (tertiary/aromatic N) is 1. The molecule has 5 nitrogen and oxygen atoms in total. The summed E-state index contributed by atoms with van der Waals surface area (Å²) in [5.74, 6) is -0.150. The first kappa shape index (κ1) is 15.3. The van der Waals surface area contributed by atoms with Crippen LogP contribution in [-0.4, -0.2) is 16.8 Å². The van der Waals surface area contributed by atoms with Crippen LogP contribution in [0.15, 0.2) is 48.7 Å². The number of amides is 2. The maximum Gasteiger partial charge on any atom is 0.258 e. The van der Waals surface area contributed by atoms with Crippen LogP contribution < -0.4 is 10.6 Å². The molecular weight excluding hydrogens is 314 g/mol. The second kappa shape index (κ2) is 6.02. The van der Waals surface area contributed by atoms with Gasteiger partial charge in [0.05, 0.1) is 11.1 Å². The molecule has 4 rings (SSSR count). The van der Waals surface area contributed by atoms with E-state index in [1.165, 1.54) is 0 Å². The molecule has 0 atom stereocenters. The van der Waals surface area contributed by atoms with Crippen LogP contribution in [0.2, 0.25) is 0 Å². The summed E-state index contributed by atoms with van der Waals surface area (Å²) in [5.41, 5.74) is 4.73. The normalized spacial score (nSPS) is 13.2. The molecule has 0 saturated carbocycles. The van der Waals surface area contributed by atoms with Crippen LogP contribution in [0.4, 0.5) is 11.4 Å². The number of carbonyl (C=O) groups is 2. The third-order valence-corrected chi connectivity index (χ3v) is 4.47. The van der Waals surface area contributed by atoms with Gasteiger partial charge in [0.2, 0.25) is 5.91 Å². The molecule has 2 aromatic carbocycles. The molecule has 124 valence electrons. The van der Waals surface area contributed by atoms with Gasteiger partial charge in [-0.1, -0.05) is 18.2 Å². The summed E-state index contributed by atoms with van der Waals surface area (Å²) in [6, 6.07) is 13.3. The molecule has 0 spiro atoms. The minimum atomic E-state index is -0.179. The number of rotatable bonds is 2. The van der Waals surface area contributed by atoms with E-state index in [2.05, 4.69) is 15.6 Å². The highest BCUT2D eigenvalue weighted by Gasteiger charge is 2.17. The molecule has 25 heavy (non-hydrogen) atoms. The van der Waals surface area contributed by atoms with E-state index in [0.29, 0.717) is 29.6 Å². The standard InChI is InChI=1S/C20H17N3O2/c1-12-4-5-13-3-2-10-21-19(13)18(12)20(25)22-15-7-8-16-14(11-15)6-9-17(24)23-16/h2-5,7-8,10-11H,6,9H2,1H3,(H,22,25)(H,23,24). The van der Waals surface area contributed by atoms with Crippen LogP contribution in [0, 0.1) is 6.92 Å². The summed E-state index contributed by atoms with van der Waals surface area (Å²) < 4.78 is 0. The lowest BCUT2D eigenvalue weighted by Crippen LogP contribution is -2.19. The summed E-state index contributed by atoms with van der Waals surface area (Å²) in [6.45, 7) is 1.91. The van der Waals surface area contributed by atoms with Crippen molar-refractivity contribution in [3.63, 3.8) is 0 Å². The molecule has 1 aliphatic heterocycles. The van der Waals surface area contributed by atoms with Gasteiger partial charge in [-0.25, -0.2) is 0 Å². The average molecular weight is 331 g/mol. The fourth-order valence-electron chi connectivity index (χ4n) is 3.19. The van der Waals surface area contributed by atoms with Crippen molar-refractivity contribution in [1.82, 2.24) is 4.98 Å². The van der Waals surface area contributed by atoms with E-state index in [1.54, 1.807) is 12.3 Å². The molecule has 2 N–H and O–H groups in total. The lowest BCUT2D eigenvalue weighted by molar-refractivity contribution is -0.116. The third-order valence-electron chi connectivity index (χ3n) is 4.47. The zero-order valence-electron chi connectivity index (χ0n) is 13.8. The fraction of sp³-hybridized carbons (Fsp3) is 0.150. The number of hydrogen-bond acceptors (Lipinski definition) is 3. The zero-order chi connectivity index (χ0) is 17.4. The van der Waals surface area contributed by atoms with E-state index in [9.17, 15) is 9.59 Å². The SMILES string of the molecule is Cc1ccc2cccnc2c1C(=O)Nc1ccc2c(c1)CCC(=O)N2. The summed E-state index contributed by atoms with van der Waals surface area (Å²) in [6.07, 6.45) is 2.84. The largest absolute Gasteiger partial charge is 0.326 e. The molecule has 2 amide bonds. The third kappa shape index (κ3) is 2.85. The van der Waals surface area contributed by atoms with Crippen molar-refractivity contribution < 1.29 is 9.59 Å². The first-order chi connectivity index (χ1) is 12.1. The number of aryl methyl sites for hydroxylation is 2. The average Bonchev–Trinajstić information content (AvgIpc) is 2.61. The van der Waals surface area contributed by atoms with Gasteiger partial charge in [0.15, 0.2) is 0 Å². The van der Waals surface area contributed by atoms with E-state index < -0.39 is 0 Å². The maximum atomic E-state index is 12.8. The van der Waals surface area contributed by atoms with E-state index in [-0.39, 0.29) is 11.8 Å². The zero-order valence-corrected chi connectivity index (χ0v) is 13.8. The highest BCUT2D eigenvalue weighted by molar-refractivity contribution is 6.13. The number of nitrogens with one attached hydrogen (secondary N) is 2. The first-order valence-electron chi connectivity index (χ1n) is 8.20. The molecule has 1 aliphatic rings. The second-order valence-corrected chi connectivity index (χ2v) is 6.21. The van der Waals surface area contributed by atoms with E-state index >= 15 is 0 Å². The van der Waals surface area contributed by atoms with E-state index in [0.717, 1.165) is 22.2 Å². The van der Waals surface area contributed by atoms with Gasteiger partial charge in [0.25, 0.3) is 5.91 Å². The first-order valence-corrected chi connectivity index (χ1v) is 8.20. The maximum absolute atomic E-state index is 12.8. The molecule has 0 fully saturated rings. The summed E-state index contributed by atoms with van der Waals surface area (Å²) in [4.78, 5) is 28.7. The minimum Gasteiger partial charge on any atom is -0.326 e. The van der Waals surface area contributed by atoms with Crippen molar-refractivity contribution in [2.75, 3.05) is 10.6 Å². The highest BCUT2D eigenvalue weighted by Crippen LogP contribution is 2.27. The van der Waals surface area contributed by atoms with Crippen molar-refractivity contribution in [3.8, 4) is 0 Å². The van der Waals surface area contributed by atoms with Crippen molar-refractivity contribution in [2.45, 2.75) is 19.8 Å². The van der Waals surface area contributed by atoms with Gasteiger partial charge >= 0.3 is 0 Å². The van der Waals surface area contributed by atoms with Crippen LogP contribution in [0.25, 0.3) is 10.9 Å². The topological polar surface area (TPSA) is 71.1 Å². The molecule has 1 aromatic heterocycles. The Morgan fingerprint density at radius 1 is 1.16 bits per heavy atom. The number of pyridine rings is 1. The summed E-state index contributed by atoms with van der Waals surface area (Å²) >= 11 is 0. The Balaban J connectivity index is 1.67. The lowest BCUT2D eigenvalue weighted by Gasteiger charge is -2.18. The number of benzene rings is 2. The molecular formula is C20H17N3O2. The summed E-state index contributed by atoms with van der Waals surface area (Å²) in [7, 11) is 0. The monoisotopic (exact) mass is 331 g/mol. The van der Waals surface area contributed by atoms with Crippen LogP contribution in [0.5, 0.6) is 0 Å². The Morgan fingerprint density at radius 3 is 2.92 bits per heavy atom. The number of hydrogen-bond donors (Lipinski definition) is 2. The Hall–Kier alpha value is -3.21. The van der Waals surface area contributed by atoms with Gasteiger partial charge in [0, 0.05) is 29.4 Å². The number of anilines is 2. The van der Waals surface area contributed by atoms with Crippen molar-refractivity contribution in [3.05, 3.63) is 65.4 Å². The van der Waals surface area contributed by atoms with Gasteiger partial charge in [-0.05, 0) is 48.7 Å². The molecule has 0 unspecified atom stereocenters. The molecule has 0 bridgehead atoms. The Bertz CT molecular complexity index is 1010. The van der Waals surface area contributed by atoms with Crippen LogP contribution in [0.3, 0.4) is 0 Å². The Labute approximate surface area is 145 Å². The van der Waals surface area contributed by atoms with Crippen LogP contribution in [-0.2, 0) is 11.2 Å². The predicted octanol–water partition coefficient (Wildman–Crippen LogP) is 3.68. The van der Waals surface area contributed by atoms with Crippen molar-refractivity contribution >= 4 is 34.1 Å². The predicted molar refractivity (Wildman–Crippen MR) is 97.8 cm³/mol. The Kier molecular flexibility index (Phi) is 3.69. The van der Waals surface area contributed by atoms with Gasteiger partial charge in [-0.3, -0.25) is 14.6 Å². The van der Waals surface area contributed by atoms with Gasteiger partial charge in [-0.2, -0.15) is 0 Å². The molecule has 0 saturated heterocycles. The number of aromatic nitrogens is 1. The molecule has 0 aliphatic carbocycles. The molecule has 2 heterocycles. The lowest BCUT2D eigenvalue weighted by atomic mass is 10.0. The second-order valence-electron chi connectivity index (χ2n) is 6.21. The highest BCUT2D eigenvalue weighted by atomic mass is 16.2. The van der Waals surface area contributed by atoms with E-state index in [4.69, 9.17) is 0 Å². The van der Waals surface area contributed by atoms with Gasteiger partial charge in [0.1, 0.15) is 0 Å². The van der Waals surface area contributed by atoms with Crippen LogP contribution >= 0.6 is 0 Å². The number of fused-ring (bicyclic) bond motifs is 2. The minimum absolute atomic E-state index is 0.0294. The van der Waals surface area contributed by atoms with Crippen molar-refractivity contribution in [1.29, 1.82) is 0 Å². The quantitative estimate of drug-likeness (QED) is 0.752. The van der Waals surface area contributed by atoms with Gasteiger partial charge in [-0.15, -0.1) is 0 Å². The molecule has 5 heteroatoms. The Morgan fingerprint density at radius 2 is 2.04 bits per heavy atom. The smallest absolute Gasteiger partial charge is 0.258 e. The summed E-state index contributed by atoms with van der Waals surface area (Å²) in [5, 5.41) is 6.74. The number of carbonyl (C=O) groups excluding carboxylic acids is 2.